The average Bonchev–Trinajstić information content (AvgIpc) is 2.74. The van der Waals surface area contributed by atoms with E-state index in [1.54, 1.807) is 0 Å². The van der Waals surface area contributed by atoms with Crippen LogP contribution < -0.4 is 11.5 Å². The molecule has 32 heavy (non-hydrogen) atoms. The smallest absolute Gasteiger partial charge is 0.379 e. The Balaban J connectivity index is 1.85. The molecule has 2 amide bonds. The van der Waals surface area contributed by atoms with Crippen LogP contribution in [0.5, 0.6) is 0 Å². The molecule has 2 heterocycles. The number of primary amides is 2. The zero-order valence-corrected chi connectivity index (χ0v) is 17.4. The molecule has 3 aliphatic rings. The Labute approximate surface area is 183 Å². The number of rotatable bonds is 7. The summed E-state index contributed by atoms with van der Waals surface area (Å²) >= 11 is 0. The maximum Gasteiger partial charge on any atom is 0.405 e. The lowest BCUT2D eigenvalue weighted by atomic mass is 9.74. The first kappa shape index (κ1) is 23.7. The van der Waals surface area contributed by atoms with Crippen molar-refractivity contribution in [2.45, 2.75) is 19.0 Å². The molecule has 0 saturated carbocycles. The van der Waals surface area contributed by atoms with Crippen molar-refractivity contribution in [2.75, 3.05) is 39.4 Å². The molecule has 3 rings (SSSR count). The number of halogens is 3. The Bertz CT molecular complexity index is 916. The van der Waals surface area contributed by atoms with Gasteiger partial charge in [-0.25, -0.2) is 0 Å². The average molecular weight is 454 g/mol. The number of allylic oxidation sites excluding steroid dienone is 4. The third kappa shape index (κ3) is 4.78. The van der Waals surface area contributed by atoms with Crippen molar-refractivity contribution in [1.29, 1.82) is 0 Å². The summed E-state index contributed by atoms with van der Waals surface area (Å²) in [4.78, 5) is 39.6. The van der Waals surface area contributed by atoms with Crippen molar-refractivity contribution < 1.29 is 32.3 Å². The van der Waals surface area contributed by atoms with Crippen molar-refractivity contribution in [3.8, 4) is 0 Å². The Morgan fingerprint density at radius 3 is 2.44 bits per heavy atom. The molecule has 8 nitrogen and oxygen atoms in total. The molecule has 4 N–H and O–H groups in total. The van der Waals surface area contributed by atoms with Gasteiger partial charge in [0.2, 0.25) is 11.8 Å². The summed E-state index contributed by atoms with van der Waals surface area (Å²) in [6.45, 7) is 2.46. The molecule has 0 aromatic rings. The molecule has 1 fully saturated rings. The summed E-state index contributed by atoms with van der Waals surface area (Å²) in [7, 11) is 0. The monoisotopic (exact) mass is 454 g/mol. The van der Waals surface area contributed by atoms with Gasteiger partial charge in [-0.15, -0.1) is 0 Å². The van der Waals surface area contributed by atoms with Crippen LogP contribution in [0, 0.1) is 5.41 Å². The minimum Gasteiger partial charge on any atom is -0.379 e. The third-order valence-corrected chi connectivity index (χ3v) is 5.80. The number of carbonyl (C=O) groups is 3. The number of Topliss-reactive ketones (excluding diaryl/α,β-unsaturated/α-hetero) is 1. The molecule has 0 radical (unpaired) electrons. The number of morpholine rings is 1. The highest BCUT2D eigenvalue weighted by molar-refractivity contribution is 6.04. The van der Waals surface area contributed by atoms with Gasteiger partial charge in [-0.1, -0.05) is 12.2 Å². The normalized spacial score (nSPS) is 24.7. The van der Waals surface area contributed by atoms with Crippen LogP contribution in [0.4, 0.5) is 13.2 Å². The summed E-state index contributed by atoms with van der Waals surface area (Å²) in [5.74, 6) is -2.92. The zero-order valence-electron chi connectivity index (χ0n) is 17.4. The van der Waals surface area contributed by atoms with Crippen molar-refractivity contribution in [1.82, 2.24) is 9.80 Å². The zero-order chi connectivity index (χ0) is 23.5. The van der Waals surface area contributed by atoms with Crippen LogP contribution in [0.3, 0.4) is 0 Å². The Morgan fingerprint density at radius 1 is 1.16 bits per heavy atom. The summed E-state index contributed by atoms with van der Waals surface area (Å²) in [5, 5.41) is 0. The van der Waals surface area contributed by atoms with E-state index in [2.05, 4.69) is 0 Å². The predicted octanol–water partition coefficient (Wildman–Crippen LogP) is 0.767. The second-order valence-electron chi connectivity index (χ2n) is 7.88. The van der Waals surface area contributed by atoms with E-state index >= 15 is 0 Å². The molecule has 11 heteroatoms. The molecule has 1 saturated heterocycles. The van der Waals surface area contributed by atoms with Gasteiger partial charge in [0.15, 0.2) is 5.78 Å². The van der Waals surface area contributed by atoms with Gasteiger partial charge in [-0.2, -0.15) is 13.2 Å². The van der Waals surface area contributed by atoms with Gasteiger partial charge < -0.3 is 21.1 Å². The number of nitrogens with two attached hydrogens (primary N) is 2. The first-order valence-electron chi connectivity index (χ1n) is 10.1. The molecule has 0 spiro atoms. The third-order valence-electron chi connectivity index (χ3n) is 5.80. The van der Waals surface area contributed by atoms with E-state index in [-0.39, 0.29) is 29.8 Å². The Morgan fingerprint density at radius 2 is 1.84 bits per heavy atom. The van der Waals surface area contributed by atoms with E-state index in [1.807, 2.05) is 4.90 Å². The number of carbonyl (C=O) groups excluding carboxylic acids is 3. The Kier molecular flexibility index (Phi) is 6.89. The molecular formula is C21H25F3N4O4. The highest BCUT2D eigenvalue weighted by atomic mass is 19.4. The van der Waals surface area contributed by atoms with E-state index in [0.717, 1.165) is 17.2 Å². The van der Waals surface area contributed by atoms with Crippen LogP contribution in [0.15, 0.2) is 47.3 Å². The summed E-state index contributed by atoms with van der Waals surface area (Å²) in [6, 6.07) is 0. The number of alkyl halides is 3. The van der Waals surface area contributed by atoms with Crippen molar-refractivity contribution in [3.05, 3.63) is 47.3 Å². The predicted molar refractivity (Wildman–Crippen MR) is 108 cm³/mol. The largest absolute Gasteiger partial charge is 0.405 e. The standard InChI is InChI=1S/C21H25F3N4O4/c22-21(23,24)20(5-2-6-27-7-9-32-10-8-27)4-1-3-16(17(20)29)28-12-14(18(25)30)11-15(13-28)19(26)31/h1,3-4,11-12H,2,5-10,13H2,(H2,25,30)(H2,26,31). The fourth-order valence-electron chi connectivity index (χ4n) is 3.98. The number of ether oxygens (including phenoxy) is 1. The van der Waals surface area contributed by atoms with Gasteiger partial charge in [0, 0.05) is 24.9 Å². The van der Waals surface area contributed by atoms with E-state index in [0.29, 0.717) is 32.8 Å². The summed E-state index contributed by atoms with van der Waals surface area (Å²) < 4.78 is 48.0. The van der Waals surface area contributed by atoms with Crippen molar-refractivity contribution >= 4 is 17.6 Å². The fraction of sp³-hybridized carbons (Fsp3) is 0.476. The molecule has 1 atom stereocenters. The number of ketones is 1. The number of hydrogen-bond acceptors (Lipinski definition) is 6. The molecule has 0 aromatic carbocycles. The topological polar surface area (TPSA) is 119 Å². The Hall–Kier alpha value is -2.92. The van der Waals surface area contributed by atoms with Crippen molar-refractivity contribution in [3.63, 3.8) is 0 Å². The summed E-state index contributed by atoms with van der Waals surface area (Å²) in [6.07, 6.45) is 0.505. The quantitative estimate of drug-likeness (QED) is 0.587. The number of nitrogens with zero attached hydrogens (tertiary/aromatic N) is 2. The van der Waals surface area contributed by atoms with Gasteiger partial charge in [-0.3, -0.25) is 19.3 Å². The second-order valence-corrected chi connectivity index (χ2v) is 7.88. The van der Waals surface area contributed by atoms with Crippen LogP contribution in [-0.4, -0.2) is 73.0 Å². The molecule has 1 aliphatic carbocycles. The minimum absolute atomic E-state index is 0.0468. The van der Waals surface area contributed by atoms with E-state index in [1.165, 1.54) is 18.2 Å². The van der Waals surface area contributed by atoms with E-state index in [9.17, 15) is 27.6 Å². The van der Waals surface area contributed by atoms with Crippen LogP contribution >= 0.6 is 0 Å². The lowest BCUT2D eigenvalue weighted by Crippen LogP contribution is -2.48. The van der Waals surface area contributed by atoms with E-state index < -0.39 is 35.6 Å². The molecular weight excluding hydrogens is 429 g/mol. The van der Waals surface area contributed by atoms with Gasteiger partial charge >= 0.3 is 6.18 Å². The SMILES string of the molecule is NC(=O)C1=CN(C2=CC=CC(CCCN3CCOCC3)(C(F)(F)F)C2=O)CC(C(N)=O)=C1. The molecule has 0 bridgehead atoms. The lowest BCUT2D eigenvalue weighted by molar-refractivity contribution is -0.207. The molecule has 2 aliphatic heterocycles. The molecule has 174 valence electrons. The van der Waals surface area contributed by atoms with E-state index in [4.69, 9.17) is 16.2 Å². The maximum absolute atomic E-state index is 14.2. The fourth-order valence-corrected chi connectivity index (χ4v) is 3.98. The van der Waals surface area contributed by atoms with Gasteiger partial charge in [0.1, 0.15) is 5.41 Å². The first-order valence-corrected chi connectivity index (χ1v) is 10.1. The molecule has 0 aromatic heterocycles. The van der Waals surface area contributed by atoms with Gasteiger partial charge in [0.05, 0.1) is 31.0 Å². The van der Waals surface area contributed by atoms with Crippen LogP contribution in [0.25, 0.3) is 0 Å². The summed E-state index contributed by atoms with van der Waals surface area (Å²) in [5.41, 5.74) is 7.38. The second kappa shape index (κ2) is 9.29. The minimum atomic E-state index is -4.83. The number of hydrogen-bond donors (Lipinski definition) is 2. The van der Waals surface area contributed by atoms with Crippen LogP contribution in [0.1, 0.15) is 12.8 Å². The highest BCUT2D eigenvalue weighted by Crippen LogP contribution is 2.48. The maximum atomic E-state index is 14.2. The number of amides is 2. The van der Waals surface area contributed by atoms with Gasteiger partial charge in [-0.05, 0) is 31.5 Å². The van der Waals surface area contributed by atoms with Crippen molar-refractivity contribution in [2.24, 2.45) is 16.9 Å². The highest BCUT2D eigenvalue weighted by Gasteiger charge is 2.59. The van der Waals surface area contributed by atoms with Crippen LogP contribution in [0.2, 0.25) is 0 Å². The first-order chi connectivity index (χ1) is 15.0. The lowest BCUT2D eigenvalue weighted by Gasteiger charge is -2.38. The van der Waals surface area contributed by atoms with Gasteiger partial charge in [0.25, 0.3) is 0 Å². The molecule has 1 unspecified atom stereocenters. The van der Waals surface area contributed by atoms with Crippen LogP contribution in [-0.2, 0) is 19.1 Å².